The van der Waals surface area contributed by atoms with Crippen molar-refractivity contribution in [3.05, 3.63) is 89.0 Å². The van der Waals surface area contributed by atoms with E-state index >= 15 is 0 Å². The lowest BCUT2D eigenvalue weighted by Crippen LogP contribution is -2.43. The van der Waals surface area contributed by atoms with Crippen LogP contribution in [0.3, 0.4) is 0 Å². The average Bonchev–Trinajstić information content (AvgIpc) is 3.29. The second-order valence-electron chi connectivity index (χ2n) is 11.1. The van der Waals surface area contributed by atoms with Gasteiger partial charge in [-0.3, -0.25) is 13.9 Å². The molecule has 4 aromatic rings. The predicted octanol–water partition coefficient (Wildman–Crippen LogP) is 4.07. The van der Waals surface area contributed by atoms with Gasteiger partial charge in [0, 0.05) is 19.3 Å². The van der Waals surface area contributed by atoms with Crippen molar-refractivity contribution in [2.45, 2.75) is 18.9 Å². The van der Waals surface area contributed by atoms with E-state index in [0.29, 0.717) is 79.2 Å². The van der Waals surface area contributed by atoms with Crippen LogP contribution in [0.4, 0.5) is 5.82 Å². The van der Waals surface area contributed by atoms with Gasteiger partial charge in [0.25, 0.3) is 5.91 Å². The number of benzene rings is 2. The molecule has 1 amide bonds. The van der Waals surface area contributed by atoms with Crippen molar-refractivity contribution in [3.63, 3.8) is 0 Å². The van der Waals surface area contributed by atoms with E-state index in [9.17, 15) is 14.9 Å². The molecule has 0 radical (unpaired) electrons. The zero-order valence-corrected chi connectivity index (χ0v) is 22.9. The van der Waals surface area contributed by atoms with Crippen LogP contribution in [0.25, 0.3) is 16.7 Å². The molecule has 1 saturated carbocycles. The number of rotatable bonds is 6. The van der Waals surface area contributed by atoms with Gasteiger partial charge in [-0.1, -0.05) is 24.3 Å². The maximum absolute atomic E-state index is 14.1. The predicted molar refractivity (Wildman–Crippen MR) is 156 cm³/mol. The van der Waals surface area contributed by atoms with Crippen molar-refractivity contribution < 1.29 is 14.3 Å². The number of piperidine rings is 1. The molecule has 3 aliphatic rings. The standard InChI is InChI=1S/C32H30N6O4/c33-16-20(15-25-26-18-41-19-27(25)26)31(39)36-14-4-5-22(17-36)37-28-12-13-35-30(34)29(28)38(32(37)40)21-8-10-24(11-9-21)42-23-6-2-1-3-7-23/h1-3,6-13,15,22,25-27H,4-5,14,17-19H2,(H2,34,35)/b20-15+/t22-,25?,26-,27+/m1/s1. The summed E-state index contributed by atoms with van der Waals surface area (Å²) in [5.74, 6) is 2.38. The van der Waals surface area contributed by atoms with Crippen molar-refractivity contribution in [1.29, 1.82) is 5.26 Å². The first-order valence-corrected chi connectivity index (χ1v) is 14.2. The van der Waals surface area contributed by atoms with Gasteiger partial charge in [-0.2, -0.15) is 5.26 Å². The van der Waals surface area contributed by atoms with Crippen molar-refractivity contribution in [2.24, 2.45) is 17.8 Å². The van der Waals surface area contributed by atoms with E-state index < -0.39 is 0 Å². The van der Waals surface area contributed by atoms with Gasteiger partial charge >= 0.3 is 5.69 Å². The quantitative estimate of drug-likeness (QED) is 0.277. The molecular formula is C32H30N6O4. The van der Waals surface area contributed by atoms with Gasteiger partial charge in [-0.15, -0.1) is 0 Å². The van der Waals surface area contributed by atoms with Crippen LogP contribution in [-0.4, -0.2) is 51.2 Å². The molecule has 10 nitrogen and oxygen atoms in total. The summed E-state index contributed by atoms with van der Waals surface area (Å²) in [7, 11) is 0. The number of fused-ring (bicyclic) bond motifs is 2. The fraction of sp³-hybridized carbons (Fsp3) is 0.312. The molecule has 4 heterocycles. The molecule has 0 spiro atoms. The highest BCUT2D eigenvalue weighted by Gasteiger charge is 2.53. The van der Waals surface area contributed by atoms with Crippen LogP contribution in [0.1, 0.15) is 18.9 Å². The number of likely N-dealkylation sites (tertiary alicyclic amines) is 1. The Bertz CT molecular complexity index is 1780. The maximum Gasteiger partial charge on any atom is 0.334 e. The maximum atomic E-state index is 14.1. The highest BCUT2D eigenvalue weighted by atomic mass is 16.5. The van der Waals surface area contributed by atoms with Crippen molar-refractivity contribution in [2.75, 3.05) is 32.0 Å². The van der Waals surface area contributed by atoms with Crippen molar-refractivity contribution in [3.8, 4) is 23.3 Å². The van der Waals surface area contributed by atoms with E-state index in [0.717, 1.165) is 0 Å². The molecule has 42 heavy (non-hydrogen) atoms. The first-order chi connectivity index (χ1) is 20.5. The number of nitrogens with two attached hydrogens (primary N) is 1. The fourth-order valence-corrected chi connectivity index (χ4v) is 6.47. The number of nitrogens with zero attached hydrogens (tertiary/aromatic N) is 5. The number of carbonyl (C=O) groups excluding carboxylic acids is 1. The number of nitriles is 1. The second kappa shape index (κ2) is 10.5. The first kappa shape index (κ1) is 26.0. The molecule has 3 fully saturated rings. The third-order valence-electron chi connectivity index (χ3n) is 8.66. The molecule has 2 aromatic carbocycles. The second-order valence-corrected chi connectivity index (χ2v) is 11.1. The number of allylic oxidation sites excluding steroid dienone is 1. The topological polar surface area (TPSA) is 128 Å². The average molecular weight is 563 g/mol. The number of amides is 1. The van der Waals surface area contributed by atoms with E-state index in [-0.39, 0.29) is 34.9 Å². The Kier molecular flexibility index (Phi) is 6.52. The van der Waals surface area contributed by atoms with Gasteiger partial charge in [0.05, 0.1) is 30.5 Å². The molecule has 2 aliphatic heterocycles. The first-order valence-electron chi connectivity index (χ1n) is 14.2. The lowest BCUT2D eigenvalue weighted by molar-refractivity contribution is -0.128. The molecule has 2 aromatic heterocycles. The van der Waals surface area contributed by atoms with Gasteiger partial charge in [0.2, 0.25) is 0 Å². The van der Waals surface area contributed by atoms with E-state index in [1.54, 1.807) is 38.4 Å². The summed E-state index contributed by atoms with van der Waals surface area (Å²) >= 11 is 0. The van der Waals surface area contributed by atoms with Crippen LogP contribution in [0.2, 0.25) is 0 Å². The number of pyridine rings is 1. The van der Waals surface area contributed by atoms with Gasteiger partial charge in [0.15, 0.2) is 0 Å². The summed E-state index contributed by atoms with van der Waals surface area (Å²) in [5, 5.41) is 9.81. The number of hydrogen-bond acceptors (Lipinski definition) is 7. The Morgan fingerprint density at radius 3 is 2.55 bits per heavy atom. The minimum Gasteiger partial charge on any atom is -0.457 e. The third kappa shape index (κ3) is 4.52. The van der Waals surface area contributed by atoms with Gasteiger partial charge in [0.1, 0.15) is 34.5 Å². The molecule has 212 valence electrons. The Hall–Kier alpha value is -4.88. The summed E-state index contributed by atoms with van der Waals surface area (Å²) in [6, 6.07) is 20.3. The van der Waals surface area contributed by atoms with Crippen molar-refractivity contribution >= 4 is 22.8 Å². The van der Waals surface area contributed by atoms with E-state index in [1.807, 2.05) is 48.5 Å². The zero-order chi connectivity index (χ0) is 28.8. The summed E-state index contributed by atoms with van der Waals surface area (Å²) < 4.78 is 14.7. The SMILES string of the molecule is N#C/C(=C\C1[C@H]2COC[C@@H]12)C(=O)N1CCC[C@@H](n2c(=O)n(-c3ccc(Oc4ccccc4)cc3)c3c(N)nccc32)C1. The fourth-order valence-electron chi connectivity index (χ4n) is 6.47. The van der Waals surface area contributed by atoms with Gasteiger partial charge in [-0.25, -0.2) is 9.78 Å². The Morgan fingerprint density at radius 2 is 1.81 bits per heavy atom. The van der Waals surface area contributed by atoms with E-state index in [2.05, 4.69) is 11.1 Å². The lowest BCUT2D eigenvalue weighted by atomic mass is 10.0. The van der Waals surface area contributed by atoms with E-state index in [1.165, 1.54) is 0 Å². The number of para-hydroxylation sites is 1. The number of hydrogen-bond donors (Lipinski definition) is 1. The number of nitrogen functional groups attached to an aromatic ring is 1. The van der Waals surface area contributed by atoms with Crippen LogP contribution in [0.15, 0.2) is 83.3 Å². The molecular weight excluding hydrogens is 532 g/mol. The Balaban J connectivity index is 1.19. The summed E-state index contributed by atoms with van der Waals surface area (Å²) in [4.78, 5) is 33.5. The highest BCUT2D eigenvalue weighted by molar-refractivity contribution is 5.97. The molecule has 2 saturated heterocycles. The molecule has 4 atom stereocenters. The minimum atomic E-state index is -0.282. The lowest BCUT2D eigenvalue weighted by Gasteiger charge is -2.33. The third-order valence-corrected chi connectivity index (χ3v) is 8.66. The Morgan fingerprint density at radius 1 is 1.07 bits per heavy atom. The molecule has 10 heteroatoms. The van der Waals surface area contributed by atoms with Crippen LogP contribution in [0.5, 0.6) is 11.5 Å². The highest BCUT2D eigenvalue weighted by Crippen LogP contribution is 2.52. The van der Waals surface area contributed by atoms with Crippen LogP contribution in [-0.2, 0) is 9.53 Å². The molecule has 1 unspecified atom stereocenters. The molecule has 1 aliphatic carbocycles. The monoisotopic (exact) mass is 562 g/mol. The number of ether oxygens (including phenoxy) is 2. The molecule has 7 rings (SSSR count). The summed E-state index contributed by atoms with van der Waals surface area (Å²) in [6.45, 7) is 2.25. The smallest absolute Gasteiger partial charge is 0.334 e. The van der Waals surface area contributed by atoms with Gasteiger partial charge < -0.3 is 20.1 Å². The number of aromatic nitrogens is 3. The van der Waals surface area contributed by atoms with Crippen molar-refractivity contribution in [1.82, 2.24) is 19.0 Å². The molecule has 0 bridgehead atoms. The zero-order valence-electron chi connectivity index (χ0n) is 22.9. The van der Waals surface area contributed by atoms with Crippen LogP contribution < -0.4 is 16.2 Å². The number of carbonyl (C=O) groups is 1. The minimum absolute atomic E-state index is 0.177. The largest absolute Gasteiger partial charge is 0.457 e. The van der Waals surface area contributed by atoms with Crippen LogP contribution >= 0.6 is 0 Å². The van der Waals surface area contributed by atoms with Gasteiger partial charge in [-0.05, 0) is 73.1 Å². The number of imidazole rings is 1. The van der Waals surface area contributed by atoms with Crippen LogP contribution in [0, 0.1) is 29.1 Å². The summed E-state index contributed by atoms with van der Waals surface area (Å²) in [6.07, 6.45) is 4.85. The molecule has 2 N–H and O–H groups in total. The van der Waals surface area contributed by atoms with E-state index in [4.69, 9.17) is 15.2 Å². The normalized spacial score (nSPS) is 23.4. The number of anilines is 1. The Labute approximate surface area is 242 Å². The summed E-state index contributed by atoms with van der Waals surface area (Å²) in [5.41, 5.74) is 8.05.